The number of ketones is 1. The van der Waals surface area contributed by atoms with E-state index in [1.807, 2.05) is 32.9 Å². The van der Waals surface area contributed by atoms with Gasteiger partial charge in [0.05, 0.1) is 0 Å². The summed E-state index contributed by atoms with van der Waals surface area (Å²) in [7, 11) is 0. The number of carbonyl (C=O) groups is 1. The van der Waals surface area contributed by atoms with Crippen molar-refractivity contribution in [3.8, 4) is 0 Å². The van der Waals surface area contributed by atoms with Gasteiger partial charge in [0.2, 0.25) is 5.78 Å². The molecule has 0 aromatic carbocycles. The van der Waals surface area contributed by atoms with Gasteiger partial charge in [-0.1, -0.05) is 6.07 Å². The van der Waals surface area contributed by atoms with Crippen LogP contribution in [0.2, 0.25) is 0 Å². The van der Waals surface area contributed by atoms with E-state index in [2.05, 4.69) is 9.97 Å². The Bertz CT molecular complexity index is 576. The van der Waals surface area contributed by atoms with Crippen LogP contribution >= 0.6 is 0 Å². The summed E-state index contributed by atoms with van der Waals surface area (Å²) in [5, 5.41) is 0. The van der Waals surface area contributed by atoms with Gasteiger partial charge in [0.1, 0.15) is 5.69 Å². The molecule has 17 heavy (non-hydrogen) atoms. The summed E-state index contributed by atoms with van der Waals surface area (Å²) in [4.78, 5) is 20.5. The fourth-order valence-corrected chi connectivity index (χ4v) is 1.77. The zero-order valence-corrected chi connectivity index (χ0v) is 10.2. The lowest BCUT2D eigenvalue weighted by molar-refractivity contribution is 0.103. The molecule has 0 saturated carbocycles. The van der Waals surface area contributed by atoms with Gasteiger partial charge in [-0.2, -0.15) is 0 Å². The normalized spacial score (nSPS) is 10.3. The summed E-state index contributed by atoms with van der Waals surface area (Å²) in [5.41, 5.74) is 4.02. The maximum Gasteiger partial charge on any atom is 0.213 e. The molecule has 2 aromatic heterocycles. The molecule has 0 saturated heterocycles. The molecule has 0 bridgehead atoms. The van der Waals surface area contributed by atoms with Crippen LogP contribution < -0.4 is 0 Å². The summed E-state index contributed by atoms with van der Waals surface area (Å²) < 4.78 is 0. The lowest BCUT2D eigenvalue weighted by atomic mass is 10.0. The van der Waals surface area contributed by atoms with Crippen LogP contribution in [0.4, 0.5) is 0 Å². The number of rotatable bonds is 2. The Morgan fingerprint density at radius 3 is 2.35 bits per heavy atom. The molecule has 0 aliphatic carbocycles. The lowest BCUT2D eigenvalue weighted by Gasteiger charge is -2.05. The van der Waals surface area contributed by atoms with Crippen LogP contribution in [0, 0.1) is 20.8 Å². The molecule has 86 valence electrons. The molecular formula is C14H14N2O. The van der Waals surface area contributed by atoms with Gasteiger partial charge in [0.25, 0.3) is 0 Å². The van der Waals surface area contributed by atoms with E-state index >= 15 is 0 Å². The van der Waals surface area contributed by atoms with Gasteiger partial charge in [-0.15, -0.1) is 0 Å². The molecule has 3 nitrogen and oxygen atoms in total. The van der Waals surface area contributed by atoms with Crippen molar-refractivity contribution in [3.05, 3.63) is 58.7 Å². The third-order valence-corrected chi connectivity index (χ3v) is 2.57. The monoisotopic (exact) mass is 226 g/mol. The van der Waals surface area contributed by atoms with Crippen LogP contribution in [-0.2, 0) is 0 Å². The topological polar surface area (TPSA) is 42.9 Å². The molecule has 0 unspecified atom stereocenters. The first kappa shape index (κ1) is 11.5. The van der Waals surface area contributed by atoms with Gasteiger partial charge in [0.15, 0.2) is 0 Å². The summed E-state index contributed by atoms with van der Waals surface area (Å²) in [5.74, 6) is -0.0706. The van der Waals surface area contributed by atoms with Crippen LogP contribution in [0.15, 0.2) is 30.7 Å². The smallest absolute Gasteiger partial charge is 0.213 e. The standard InChI is InChI=1S/C14H14N2O/c1-9-4-11(3)13(16-7-9)14(17)12-5-10(2)6-15-8-12/h4-8H,1-3H3. The van der Waals surface area contributed by atoms with E-state index in [0.717, 1.165) is 16.7 Å². The molecule has 3 heteroatoms. The van der Waals surface area contributed by atoms with Gasteiger partial charge in [-0.3, -0.25) is 14.8 Å². The van der Waals surface area contributed by atoms with Crippen molar-refractivity contribution in [2.45, 2.75) is 20.8 Å². The maximum atomic E-state index is 12.2. The molecule has 0 radical (unpaired) electrons. The number of carbonyl (C=O) groups excluding carboxylic acids is 1. The van der Waals surface area contributed by atoms with Crippen LogP contribution in [0.5, 0.6) is 0 Å². The average molecular weight is 226 g/mol. The van der Waals surface area contributed by atoms with Gasteiger partial charge in [-0.25, -0.2) is 0 Å². The molecule has 0 atom stereocenters. The third-order valence-electron chi connectivity index (χ3n) is 2.57. The molecule has 2 rings (SSSR count). The predicted molar refractivity (Wildman–Crippen MR) is 66.1 cm³/mol. The number of nitrogens with zero attached hydrogens (tertiary/aromatic N) is 2. The molecule has 0 aliphatic heterocycles. The van der Waals surface area contributed by atoms with E-state index in [1.54, 1.807) is 18.6 Å². The summed E-state index contributed by atoms with van der Waals surface area (Å²) in [6.45, 7) is 5.78. The summed E-state index contributed by atoms with van der Waals surface area (Å²) in [6.07, 6.45) is 5.02. The molecule has 0 spiro atoms. The second-order valence-corrected chi connectivity index (χ2v) is 4.26. The fraction of sp³-hybridized carbons (Fsp3) is 0.214. The highest BCUT2D eigenvalue weighted by atomic mass is 16.1. The Balaban J connectivity index is 2.44. The second kappa shape index (κ2) is 4.45. The Morgan fingerprint density at radius 2 is 1.71 bits per heavy atom. The van der Waals surface area contributed by atoms with E-state index in [9.17, 15) is 4.79 Å². The third kappa shape index (κ3) is 2.38. The molecule has 2 aromatic rings. The van der Waals surface area contributed by atoms with E-state index in [1.165, 1.54) is 0 Å². The molecular weight excluding hydrogens is 212 g/mol. The SMILES string of the molecule is Cc1cncc(C(=O)c2ncc(C)cc2C)c1. The largest absolute Gasteiger partial charge is 0.287 e. The highest BCUT2D eigenvalue weighted by molar-refractivity contribution is 6.08. The van der Waals surface area contributed by atoms with Crippen molar-refractivity contribution in [2.75, 3.05) is 0 Å². The second-order valence-electron chi connectivity index (χ2n) is 4.26. The van der Waals surface area contributed by atoms with Crippen molar-refractivity contribution in [1.82, 2.24) is 9.97 Å². The molecule has 0 amide bonds. The minimum Gasteiger partial charge on any atom is -0.287 e. The number of pyridine rings is 2. The number of aromatic nitrogens is 2. The number of aryl methyl sites for hydroxylation is 3. The zero-order valence-electron chi connectivity index (χ0n) is 10.2. The van der Waals surface area contributed by atoms with E-state index in [0.29, 0.717) is 11.3 Å². The van der Waals surface area contributed by atoms with Crippen molar-refractivity contribution in [2.24, 2.45) is 0 Å². The minimum absolute atomic E-state index is 0.0706. The Morgan fingerprint density at radius 1 is 1.00 bits per heavy atom. The van der Waals surface area contributed by atoms with E-state index in [4.69, 9.17) is 0 Å². The first-order chi connectivity index (χ1) is 8.08. The van der Waals surface area contributed by atoms with Gasteiger partial charge < -0.3 is 0 Å². The van der Waals surface area contributed by atoms with E-state index < -0.39 is 0 Å². The Kier molecular flexibility index (Phi) is 3.00. The molecule has 2 heterocycles. The first-order valence-corrected chi connectivity index (χ1v) is 5.47. The average Bonchev–Trinajstić information content (AvgIpc) is 2.28. The molecule has 0 aliphatic rings. The molecule has 0 N–H and O–H groups in total. The number of hydrogen-bond acceptors (Lipinski definition) is 3. The highest BCUT2D eigenvalue weighted by Crippen LogP contribution is 2.13. The van der Waals surface area contributed by atoms with Gasteiger partial charge in [-0.05, 0) is 43.5 Å². The van der Waals surface area contributed by atoms with Crippen molar-refractivity contribution >= 4 is 5.78 Å². The predicted octanol–water partition coefficient (Wildman–Crippen LogP) is 2.63. The Hall–Kier alpha value is -2.03. The van der Waals surface area contributed by atoms with Crippen LogP contribution in [0.1, 0.15) is 32.7 Å². The van der Waals surface area contributed by atoms with E-state index in [-0.39, 0.29) is 5.78 Å². The van der Waals surface area contributed by atoms with Crippen molar-refractivity contribution < 1.29 is 4.79 Å². The highest BCUT2D eigenvalue weighted by Gasteiger charge is 2.13. The first-order valence-electron chi connectivity index (χ1n) is 5.47. The maximum absolute atomic E-state index is 12.2. The quantitative estimate of drug-likeness (QED) is 0.739. The van der Waals surface area contributed by atoms with Crippen LogP contribution in [0.3, 0.4) is 0 Å². The summed E-state index contributed by atoms with van der Waals surface area (Å²) >= 11 is 0. The Labute approximate surface area is 101 Å². The van der Waals surface area contributed by atoms with Gasteiger partial charge in [0, 0.05) is 24.2 Å². The van der Waals surface area contributed by atoms with Crippen LogP contribution in [-0.4, -0.2) is 15.8 Å². The van der Waals surface area contributed by atoms with Crippen LogP contribution in [0.25, 0.3) is 0 Å². The summed E-state index contributed by atoms with van der Waals surface area (Å²) in [6, 6.07) is 3.79. The number of hydrogen-bond donors (Lipinski definition) is 0. The fourth-order valence-electron chi connectivity index (χ4n) is 1.77. The van der Waals surface area contributed by atoms with Gasteiger partial charge >= 0.3 is 0 Å². The van der Waals surface area contributed by atoms with Crippen molar-refractivity contribution in [3.63, 3.8) is 0 Å². The minimum atomic E-state index is -0.0706. The lowest BCUT2D eigenvalue weighted by Crippen LogP contribution is -2.07. The molecule has 0 fully saturated rings. The zero-order chi connectivity index (χ0) is 12.4. The van der Waals surface area contributed by atoms with Crippen molar-refractivity contribution in [1.29, 1.82) is 0 Å².